The molecule has 426 valence electrons. The Kier molecular flexibility index (Phi) is 31.2. The van der Waals surface area contributed by atoms with Crippen LogP contribution in [0, 0.1) is 0 Å². The van der Waals surface area contributed by atoms with Gasteiger partial charge < -0.3 is 91.5 Å². The van der Waals surface area contributed by atoms with Crippen molar-refractivity contribution < 1.29 is 88.3 Å². The smallest absolute Gasteiger partial charge is 0.242 e. The van der Waals surface area contributed by atoms with E-state index in [0.717, 1.165) is 6.42 Å². The fourth-order valence-corrected chi connectivity index (χ4v) is 9.03. The summed E-state index contributed by atoms with van der Waals surface area (Å²) in [5, 5.41) is 86.0. The summed E-state index contributed by atoms with van der Waals surface area (Å²) >= 11 is 0. The molecule has 3 fully saturated rings. The molecule has 3 saturated heterocycles. The van der Waals surface area contributed by atoms with Crippen LogP contribution in [0.5, 0.6) is 0 Å². The van der Waals surface area contributed by atoms with Crippen LogP contribution in [0.3, 0.4) is 0 Å². The van der Waals surface area contributed by atoms with Gasteiger partial charge in [0.2, 0.25) is 41.4 Å². The number of carbonyl (C=O) groups excluding carboxylic acids is 7. The zero-order valence-electron chi connectivity index (χ0n) is 43.3. The summed E-state index contributed by atoms with van der Waals surface area (Å²) in [6.45, 7) is 3.08. The Morgan fingerprint density at radius 3 is 1.70 bits per heavy atom. The van der Waals surface area contributed by atoms with Crippen molar-refractivity contribution in [1.29, 1.82) is 0 Å². The molecule has 3 rings (SSSR count). The molecule has 0 radical (unpaired) electrons. The Labute approximate surface area is 433 Å². The van der Waals surface area contributed by atoms with Crippen molar-refractivity contribution >= 4 is 41.4 Å². The summed E-state index contributed by atoms with van der Waals surface area (Å²) in [5.74, 6) is -1.96. The highest BCUT2D eigenvalue weighted by molar-refractivity contribution is 5.87. The second kappa shape index (κ2) is 36.0. The van der Waals surface area contributed by atoms with Crippen LogP contribution in [0.4, 0.5) is 0 Å². The van der Waals surface area contributed by atoms with Gasteiger partial charge in [0.1, 0.15) is 36.4 Å². The molecule has 3 heterocycles. The van der Waals surface area contributed by atoms with E-state index in [0.29, 0.717) is 116 Å². The third-order valence-electron chi connectivity index (χ3n) is 13.1. The number of likely N-dealkylation sites (tertiary alicyclic amines) is 1. The van der Waals surface area contributed by atoms with Crippen molar-refractivity contribution in [1.82, 2.24) is 36.8 Å². The number of β-amino-alcohol motifs (C(OH)–C–C–N with tert-alkyl or cyclic N) is 1. The van der Waals surface area contributed by atoms with E-state index in [4.69, 9.17) is 18.9 Å². The standard InChI is InChI=1S/C49H87N7O18/c1-31(60)53-43-37(63)26-35(29-58)73-48(43)71-23-14-9-18-41(66)55-36(15-7-12-21-51-40(65)17-8-13-24-72-49-44(54-32(2)61)46(69)45(68)38(30-59)74-49)47(70)52-22-11-3-5-16-39(64)50-20-10-4-6-19-42(67)56-27-34(62)25-33(56)28-57/h33-38,43-46,48-49,57-59,62-63,68-69H,3-30H2,1-2H3,(H,50,64)(H,51,65)(H,52,70)(H,53,60)(H,54,61)(H,55,66)/t33-,34+,35?,36+,37?,38?,43?,44?,45?,46?,48?,49?/m0/s1. The van der Waals surface area contributed by atoms with E-state index in [9.17, 15) is 69.3 Å². The van der Waals surface area contributed by atoms with Crippen LogP contribution in [0.2, 0.25) is 0 Å². The van der Waals surface area contributed by atoms with E-state index < -0.39 is 79.8 Å². The lowest BCUT2D eigenvalue weighted by Crippen LogP contribution is -2.64. The van der Waals surface area contributed by atoms with Crippen molar-refractivity contribution in [3.05, 3.63) is 0 Å². The van der Waals surface area contributed by atoms with E-state index in [1.807, 2.05) is 0 Å². The average Bonchev–Trinajstić information content (AvgIpc) is 3.75. The van der Waals surface area contributed by atoms with Gasteiger partial charge in [0.15, 0.2) is 12.6 Å². The maximum atomic E-state index is 13.4. The van der Waals surface area contributed by atoms with Gasteiger partial charge in [-0.1, -0.05) is 12.8 Å². The molecule has 25 heteroatoms. The molecule has 0 aromatic carbocycles. The van der Waals surface area contributed by atoms with E-state index >= 15 is 0 Å². The van der Waals surface area contributed by atoms with Gasteiger partial charge >= 0.3 is 0 Å². The van der Waals surface area contributed by atoms with Gasteiger partial charge in [-0.15, -0.1) is 0 Å². The Morgan fingerprint density at radius 1 is 0.581 bits per heavy atom. The predicted octanol–water partition coefficient (Wildman–Crippen LogP) is -2.64. The molecule has 0 bridgehead atoms. The number of ether oxygens (including phenoxy) is 4. The van der Waals surface area contributed by atoms with Crippen molar-refractivity contribution in [2.24, 2.45) is 0 Å². The van der Waals surface area contributed by atoms with Gasteiger partial charge in [-0.2, -0.15) is 0 Å². The molecule has 3 aliphatic rings. The van der Waals surface area contributed by atoms with Gasteiger partial charge in [-0.3, -0.25) is 33.6 Å². The minimum absolute atomic E-state index is 0.0760. The Hall–Kier alpha value is -4.15. The molecule has 74 heavy (non-hydrogen) atoms. The van der Waals surface area contributed by atoms with Crippen molar-refractivity contribution in [3.8, 4) is 0 Å². The number of unbranched alkanes of at least 4 members (excludes halogenated alkanes) is 7. The van der Waals surface area contributed by atoms with E-state index in [1.165, 1.54) is 13.8 Å². The number of rotatable bonds is 36. The summed E-state index contributed by atoms with van der Waals surface area (Å²) < 4.78 is 22.8. The van der Waals surface area contributed by atoms with E-state index in [1.54, 1.807) is 4.90 Å². The van der Waals surface area contributed by atoms with Gasteiger partial charge in [-0.25, -0.2) is 0 Å². The molecule has 25 nitrogen and oxygen atoms in total. The van der Waals surface area contributed by atoms with Crippen LogP contribution in [0.1, 0.15) is 136 Å². The van der Waals surface area contributed by atoms with Crippen LogP contribution >= 0.6 is 0 Å². The second-order valence-corrected chi connectivity index (χ2v) is 19.4. The summed E-state index contributed by atoms with van der Waals surface area (Å²) in [6, 6.07) is -3.09. The zero-order chi connectivity index (χ0) is 54.4. The van der Waals surface area contributed by atoms with Crippen LogP contribution in [0.25, 0.3) is 0 Å². The number of nitrogens with zero attached hydrogens (tertiary/aromatic N) is 1. The zero-order valence-corrected chi connectivity index (χ0v) is 43.3. The molecular weight excluding hydrogens is 975 g/mol. The van der Waals surface area contributed by atoms with E-state index in [2.05, 4.69) is 31.9 Å². The first-order valence-electron chi connectivity index (χ1n) is 26.5. The molecule has 0 saturated carbocycles. The van der Waals surface area contributed by atoms with Crippen LogP contribution in [-0.2, 0) is 52.5 Å². The van der Waals surface area contributed by atoms with Crippen LogP contribution < -0.4 is 31.9 Å². The van der Waals surface area contributed by atoms with Crippen LogP contribution in [-0.4, -0.2) is 215 Å². The summed E-state index contributed by atoms with van der Waals surface area (Å²) in [4.78, 5) is 88.9. The number of hydrogen-bond donors (Lipinski definition) is 13. The number of carbonyl (C=O) groups is 7. The topological polar surface area (TPSA) is 373 Å². The minimum Gasteiger partial charge on any atom is -0.394 e. The molecule has 12 atom stereocenters. The van der Waals surface area contributed by atoms with Gasteiger partial charge in [0.05, 0.1) is 44.2 Å². The van der Waals surface area contributed by atoms with E-state index in [-0.39, 0.29) is 93.7 Å². The van der Waals surface area contributed by atoms with Gasteiger partial charge in [0, 0.05) is 85.3 Å². The third-order valence-corrected chi connectivity index (χ3v) is 13.1. The molecule has 13 N–H and O–H groups in total. The molecule has 9 unspecified atom stereocenters. The Morgan fingerprint density at radius 2 is 1.12 bits per heavy atom. The number of aliphatic hydroxyl groups excluding tert-OH is 7. The second-order valence-electron chi connectivity index (χ2n) is 19.4. The maximum absolute atomic E-state index is 13.4. The lowest BCUT2D eigenvalue weighted by Gasteiger charge is -2.42. The van der Waals surface area contributed by atoms with Crippen molar-refractivity contribution in [3.63, 3.8) is 0 Å². The highest BCUT2D eigenvalue weighted by Gasteiger charge is 2.45. The Bertz CT molecular complexity index is 1700. The molecule has 0 spiro atoms. The molecule has 0 aliphatic carbocycles. The third kappa shape index (κ3) is 24.2. The molecular formula is C49H87N7O18. The number of amides is 7. The lowest BCUT2D eigenvalue weighted by molar-refractivity contribution is -0.270. The monoisotopic (exact) mass is 1060 g/mol. The minimum atomic E-state index is -1.43. The molecule has 0 aromatic heterocycles. The maximum Gasteiger partial charge on any atom is 0.242 e. The summed E-state index contributed by atoms with van der Waals surface area (Å²) in [5.41, 5.74) is 0. The molecule has 3 aliphatic heterocycles. The van der Waals surface area contributed by atoms with Gasteiger partial charge in [-0.05, 0) is 77.0 Å². The number of aliphatic hydroxyl groups is 7. The number of nitrogens with one attached hydrogen (secondary N) is 6. The van der Waals surface area contributed by atoms with Crippen LogP contribution in [0.15, 0.2) is 0 Å². The fourth-order valence-electron chi connectivity index (χ4n) is 9.03. The average molecular weight is 1060 g/mol. The summed E-state index contributed by atoms with van der Waals surface area (Å²) in [7, 11) is 0. The fraction of sp³-hybridized carbons (Fsp3) is 0.857. The van der Waals surface area contributed by atoms with Crippen molar-refractivity contribution in [2.45, 2.75) is 209 Å². The normalized spacial score (nSPS) is 26.2. The first-order valence-corrected chi connectivity index (χ1v) is 26.5. The lowest BCUT2D eigenvalue weighted by atomic mass is 9.97. The molecule has 0 aromatic rings. The van der Waals surface area contributed by atoms with Crippen molar-refractivity contribution in [2.75, 3.05) is 59.2 Å². The SMILES string of the molecule is CC(=O)NC1C(O)CC(CO)OC1OCCCCC(=O)N[C@H](CCCCNC(=O)CCCCOC1OC(CO)C(O)C(O)C1NC(C)=O)C(=O)NCCCCCC(=O)NCCCCCC(=O)N1C[C@H](O)C[C@H]1CO. The predicted molar refractivity (Wildman–Crippen MR) is 264 cm³/mol. The quantitative estimate of drug-likeness (QED) is 0.0285. The molecule has 7 amide bonds. The number of hydrogen-bond acceptors (Lipinski definition) is 18. The first-order chi connectivity index (χ1) is 35.5. The summed E-state index contributed by atoms with van der Waals surface area (Å²) in [6.07, 6.45) is -0.0223. The Balaban J connectivity index is 1.37. The largest absolute Gasteiger partial charge is 0.394 e. The van der Waals surface area contributed by atoms with Gasteiger partial charge in [0.25, 0.3) is 0 Å². The highest BCUT2D eigenvalue weighted by atomic mass is 16.7. The highest BCUT2D eigenvalue weighted by Crippen LogP contribution is 2.24. The first kappa shape index (κ1) is 64.1.